The van der Waals surface area contributed by atoms with Crippen molar-refractivity contribution < 1.29 is 9.90 Å². The molecule has 0 atom stereocenters. The number of β-amino-alcohol motifs (C(OH)–C–C–N with tert-alkyl or cyclic N) is 1. The van der Waals surface area contributed by atoms with Gasteiger partial charge in [-0.1, -0.05) is 11.6 Å². The van der Waals surface area contributed by atoms with Gasteiger partial charge in [-0.2, -0.15) is 0 Å². The second-order valence-electron chi connectivity index (χ2n) is 5.00. The van der Waals surface area contributed by atoms with Gasteiger partial charge in [0.1, 0.15) is 0 Å². The van der Waals surface area contributed by atoms with Crippen molar-refractivity contribution in [3.63, 3.8) is 0 Å². The summed E-state index contributed by atoms with van der Waals surface area (Å²) in [5.41, 5.74) is 0. The summed E-state index contributed by atoms with van der Waals surface area (Å²) in [5, 5.41) is 8.98. The molecule has 0 saturated carbocycles. The summed E-state index contributed by atoms with van der Waals surface area (Å²) in [5.74, 6) is 1.58. The van der Waals surface area contributed by atoms with Crippen molar-refractivity contribution in [2.24, 2.45) is 0 Å². The number of aliphatic hydroxyl groups is 1. The lowest BCUT2D eigenvalue weighted by molar-refractivity contribution is -0.128. The SMILES string of the molecule is O=C(CSCc1ccc(Cl)s1)N1CCCN(CCO)CC1. The van der Waals surface area contributed by atoms with Gasteiger partial charge in [0, 0.05) is 36.8 Å². The molecule has 0 spiro atoms. The molecule has 0 radical (unpaired) electrons. The standard InChI is InChI=1S/C14H21ClN2O2S2/c15-13-3-2-12(21-13)10-20-11-14(19)17-5-1-4-16(6-7-17)8-9-18/h2-3,18H,1,4-11H2. The van der Waals surface area contributed by atoms with Crippen LogP contribution in [0.4, 0.5) is 0 Å². The van der Waals surface area contributed by atoms with Gasteiger partial charge >= 0.3 is 0 Å². The zero-order valence-corrected chi connectivity index (χ0v) is 14.4. The number of halogens is 1. The van der Waals surface area contributed by atoms with Crippen LogP contribution in [0.5, 0.6) is 0 Å². The highest BCUT2D eigenvalue weighted by Gasteiger charge is 2.18. The molecule has 21 heavy (non-hydrogen) atoms. The lowest BCUT2D eigenvalue weighted by Gasteiger charge is -2.21. The minimum absolute atomic E-state index is 0.188. The van der Waals surface area contributed by atoms with E-state index >= 15 is 0 Å². The van der Waals surface area contributed by atoms with Gasteiger partial charge in [0.05, 0.1) is 16.7 Å². The molecular formula is C14H21ClN2O2S2. The van der Waals surface area contributed by atoms with E-state index in [1.165, 1.54) is 4.88 Å². The number of nitrogens with zero attached hydrogens (tertiary/aromatic N) is 2. The van der Waals surface area contributed by atoms with Crippen LogP contribution in [-0.4, -0.2) is 65.9 Å². The zero-order valence-electron chi connectivity index (χ0n) is 12.0. The summed E-state index contributed by atoms with van der Waals surface area (Å²) in [6.45, 7) is 4.31. The van der Waals surface area contributed by atoms with Gasteiger partial charge in [0.2, 0.25) is 5.91 Å². The molecule has 7 heteroatoms. The van der Waals surface area contributed by atoms with E-state index in [9.17, 15) is 4.79 Å². The number of thiophene rings is 1. The van der Waals surface area contributed by atoms with E-state index in [1.807, 2.05) is 17.0 Å². The van der Waals surface area contributed by atoms with Crippen LogP contribution in [0.2, 0.25) is 4.34 Å². The van der Waals surface area contributed by atoms with E-state index in [4.69, 9.17) is 16.7 Å². The van der Waals surface area contributed by atoms with Crippen LogP contribution in [-0.2, 0) is 10.5 Å². The molecule has 2 heterocycles. The molecule has 1 aliphatic rings. The van der Waals surface area contributed by atoms with Crippen LogP contribution < -0.4 is 0 Å². The molecule has 1 saturated heterocycles. The quantitative estimate of drug-likeness (QED) is 0.855. The van der Waals surface area contributed by atoms with Gasteiger partial charge in [-0.25, -0.2) is 0 Å². The fourth-order valence-electron chi connectivity index (χ4n) is 2.34. The van der Waals surface area contributed by atoms with Crippen molar-refractivity contribution in [1.82, 2.24) is 9.80 Å². The topological polar surface area (TPSA) is 43.8 Å². The Hall–Kier alpha value is -0.270. The Morgan fingerprint density at radius 1 is 1.33 bits per heavy atom. The third-order valence-corrected chi connectivity index (χ3v) is 5.84. The van der Waals surface area contributed by atoms with E-state index in [0.717, 1.165) is 42.7 Å². The molecule has 1 fully saturated rings. The average Bonchev–Trinajstić information content (AvgIpc) is 2.73. The number of thioether (sulfide) groups is 1. The maximum atomic E-state index is 12.2. The minimum Gasteiger partial charge on any atom is -0.395 e. The molecular weight excluding hydrogens is 328 g/mol. The summed E-state index contributed by atoms with van der Waals surface area (Å²) in [6.07, 6.45) is 0.983. The number of carbonyl (C=O) groups excluding carboxylic acids is 1. The highest BCUT2D eigenvalue weighted by Crippen LogP contribution is 2.25. The Balaban J connectivity index is 1.70. The van der Waals surface area contributed by atoms with Crippen LogP contribution in [0.15, 0.2) is 12.1 Å². The molecule has 0 aromatic carbocycles. The van der Waals surface area contributed by atoms with Crippen LogP contribution in [0, 0.1) is 0 Å². The normalized spacial score (nSPS) is 17.0. The molecule has 1 aromatic heterocycles. The Morgan fingerprint density at radius 3 is 2.90 bits per heavy atom. The molecule has 1 aromatic rings. The third kappa shape index (κ3) is 5.79. The van der Waals surface area contributed by atoms with Crippen molar-refractivity contribution in [2.75, 3.05) is 45.1 Å². The first-order chi connectivity index (χ1) is 10.2. The minimum atomic E-state index is 0.188. The Labute approximate surface area is 139 Å². The van der Waals surface area contributed by atoms with Crippen LogP contribution in [0.3, 0.4) is 0 Å². The number of hydrogen-bond donors (Lipinski definition) is 1. The van der Waals surface area contributed by atoms with Crippen molar-refractivity contribution in [1.29, 1.82) is 0 Å². The summed E-state index contributed by atoms with van der Waals surface area (Å²) in [7, 11) is 0. The molecule has 118 valence electrons. The summed E-state index contributed by atoms with van der Waals surface area (Å²) >= 11 is 9.11. The van der Waals surface area contributed by atoms with Crippen LogP contribution in [0.25, 0.3) is 0 Å². The molecule has 0 aliphatic carbocycles. The van der Waals surface area contributed by atoms with E-state index in [-0.39, 0.29) is 12.5 Å². The second kappa shape index (κ2) is 9.00. The Bertz CT molecular complexity index is 456. The molecule has 1 N–H and O–H groups in total. The molecule has 2 rings (SSSR count). The summed E-state index contributed by atoms with van der Waals surface area (Å²) < 4.78 is 0.799. The van der Waals surface area contributed by atoms with Crippen molar-refractivity contribution in [2.45, 2.75) is 12.2 Å². The first kappa shape index (κ1) is 17.1. The lowest BCUT2D eigenvalue weighted by Crippen LogP contribution is -2.36. The predicted octanol–water partition coefficient (Wildman–Crippen LogP) is 2.16. The lowest BCUT2D eigenvalue weighted by atomic mass is 10.4. The van der Waals surface area contributed by atoms with Gasteiger partial charge in [0.15, 0.2) is 0 Å². The predicted molar refractivity (Wildman–Crippen MR) is 90.2 cm³/mol. The van der Waals surface area contributed by atoms with Gasteiger partial charge < -0.3 is 10.0 Å². The fraction of sp³-hybridized carbons (Fsp3) is 0.643. The molecule has 4 nitrogen and oxygen atoms in total. The van der Waals surface area contributed by atoms with E-state index in [2.05, 4.69) is 4.90 Å². The maximum absolute atomic E-state index is 12.2. The zero-order chi connectivity index (χ0) is 15.1. The highest BCUT2D eigenvalue weighted by atomic mass is 35.5. The largest absolute Gasteiger partial charge is 0.395 e. The van der Waals surface area contributed by atoms with Gasteiger partial charge in [0.25, 0.3) is 0 Å². The van der Waals surface area contributed by atoms with Crippen LogP contribution in [0.1, 0.15) is 11.3 Å². The van der Waals surface area contributed by atoms with E-state index in [0.29, 0.717) is 12.3 Å². The monoisotopic (exact) mass is 348 g/mol. The number of aliphatic hydroxyl groups excluding tert-OH is 1. The average molecular weight is 349 g/mol. The summed E-state index contributed by atoms with van der Waals surface area (Å²) in [6, 6.07) is 3.91. The molecule has 1 amide bonds. The van der Waals surface area contributed by atoms with E-state index in [1.54, 1.807) is 23.1 Å². The molecule has 0 bridgehead atoms. The van der Waals surface area contributed by atoms with Crippen LogP contribution >= 0.6 is 34.7 Å². The molecule has 1 aliphatic heterocycles. The first-order valence-electron chi connectivity index (χ1n) is 7.12. The Morgan fingerprint density at radius 2 is 2.19 bits per heavy atom. The number of rotatable bonds is 6. The first-order valence-corrected chi connectivity index (χ1v) is 9.47. The Kier molecular flexibility index (Phi) is 7.33. The maximum Gasteiger partial charge on any atom is 0.232 e. The third-order valence-electron chi connectivity index (χ3n) is 3.46. The van der Waals surface area contributed by atoms with Gasteiger partial charge in [-0.15, -0.1) is 23.1 Å². The number of carbonyl (C=O) groups is 1. The smallest absolute Gasteiger partial charge is 0.232 e. The van der Waals surface area contributed by atoms with Gasteiger partial charge in [-0.3, -0.25) is 9.69 Å². The highest BCUT2D eigenvalue weighted by molar-refractivity contribution is 7.99. The van der Waals surface area contributed by atoms with Crippen molar-refractivity contribution in [3.05, 3.63) is 21.3 Å². The van der Waals surface area contributed by atoms with Gasteiger partial charge in [-0.05, 0) is 25.1 Å². The summed E-state index contributed by atoms with van der Waals surface area (Å²) in [4.78, 5) is 17.6. The second-order valence-corrected chi connectivity index (χ2v) is 7.78. The van der Waals surface area contributed by atoms with Crippen molar-refractivity contribution in [3.8, 4) is 0 Å². The van der Waals surface area contributed by atoms with E-state index < -0.39 is 0 Å². The number of hydrogen-bond acceptors (Lipinski definition) is 5. The number of amides is 1. The molecule has 0 unspecified atom stereocenters. The van der Waals surface area contributed by atoms with Crippen molar-refractivity contribution >= 4 is 40.6 Å². The fourth-order valence-corrected chi connectivity index (χ4v) is 4.47.